The number of halogens is 1. The number of nitrogens with one attached hydrogen (secondary N) is 1. The lowest BCUT2D eigenvalue weighted by molar-refractivity contribution is 0.0944. The zero-order valence-corrected chi connectivity index (χ0v) is 16.1. The SMILES string of the molecule is Cc1cc(F)cc(-c2cc(C(=O)NCCOc3ccccc3)c(O)c(=O)n2C)c1. The third-order valence-corrected chi connectivity index (χ3v) is 4.39. The third-order valence-electron chi connectivity index (χ3n) is 4.39. The molecule has 6 nitrogen and oxygen atoms in total. The molecule has 1 heterocycles. The fourth-order valence-electron chi connectivity index (χ4n) is 2.97. The van der Waals surface area contributed by atoms with Gasteiger partial charge in [-0.15, -0.1) is 0 Å². The van der Waals surface area contributed by atoms with Gasteiger partial charge in [0.05, 0.1) is 17.8 Å². The minimum absolute atomic E-state index is 0.176. The Morgan fingerprint density at radius 1 is 1.17 bits per heavy atom. The highest BCUT2D eigenvalue weighted by molar-refractivity contribution is 5.97. The minimum Gasteiger partial charge on any atom is -0.502 e. The third kappa shape index (κ3) is 4.63. The first-order valence-electron chi connectivity index (χ1n) is 9.03. The lowest BCUT2D eigenvalue weighted by Gasteiger charge is -2.14. The molecule has 3 aromatic rings. The normalized spacial score (nSPS) is 10.6. The van der Waals surface area contributed by atoms with Crippen molar-refractivity contribution in [1.82, 2.24) is 9.88 Å². The summed E-state index contributed by atoms with van der Waals surface area (Å²) < 4.78 is 20.5. The van der Waals surface area contributed by atoms with Crippen molar-refractivity contribution in [2.24, 2.45) is 7.05 Å². The Labute approximate surface area is 167 Å². The summed E-state index contributed by atoms with van der Waals surface area (Å²) in [7, 11) is 1.45. The van der Waals surface area contributed by atoms with E-state index in [1.165, 1.54) is 29.8 Å². The summed E-state index contributed by atoms with van der Waals surface area (Å²) >= 11 is 0. The van der Waals surface area contributed by atoms with Crippen LogP contribution in [0.4, 0.5) is 4.39 Å². The average Bonchev–Trinajstić information content (AvgIpc) is 2.69. The summed E-state index contributed by atoms with van der Waals surface area (Å²) in [5.74, 6) is -1.07. The summed E-state index contributed by atoms with van der Waals surface area (Å²) in [5, 5.41) is 12.8. The molecule has 0 fully saturated rings. The number of benzene rings is 2. The van der Waals surface area contributed by atoms with Crippen LogP contribution >= 0.6 is 0 Å². The first-order valence-corrected chi connectivity index (χ1v) is 9.03. The Bertz CT molecular complexity index is 1070. The number of carbonyl (C=O) groups excluding carboxylic acids is 1. The molecule has 0 unspecified atom stereocenters. The van der Waals surface area contributed by atoms with Crippen molar-refractivity contribution in [3.05, 3.63) is 81.9 Å². The predicted molar refractivity (Wildman–Crippen MR) is 108 cm³/mol. The van der Waals surface area contributed by atoms with E-state index in [1.807, 2.05) is 18.2 Å². The Kier molecular flexibility index (Phi) is 5.97. The van der Waals surface area contributed by atoms with E-state index in [9.17, 15) is 19.1 Å². The van der Waals surface area contributed by atoms with Crippen LogP contribution < -0.4 is 15.6 Å². The van der Waals surface area contributed by atoms with Gasteiger partial charge in [-0.3, -0.25) is 9.59 Å². The number of para-hydroxylation sites is 1. The maximum atomic E-state index is 13.8. The van der Waals surface area contributed by atoms with Gasteiger partial charge in [0, 0.05) is 12.6 Å². The number of amides is 1. The van der Waals surface area contributed by atoms with Gasteiger partial charge >= 0.3 is 0 Å². The summed E-state index contributed by atoms with van der Waals surface area (Å²) in [6.45, 7) is 2.12. The molecule has 0 aliphatic rings. The van der Waals surface area contributed by atoms with Gasteiger partial charge in [-0.1, -0.05) is 18.2 Å². The van der Waals surface area contributed by atoms with Crippen molar-refractivity contribution in [2.45, 2.75) is 6.92 Å². The van der Waals surface area contributed by atoms with Gasteiger partial charge in [0.25, 0.3) is 11.5 Å². The molecule has 0 aliphatic carbocycles. The fraction of sp³-hybridized carbons (Fsp3) is 0.182. The van der Waals surface area contributed by atoms with Gasteiger partial charge in [-0.05, 0) is 48.9 Å². The maximum absolute atomic E-state index is 13.8. The smallest absolute Gasteiger partial charge is 0.293 e. The minimum atomic E-state index is -0.741. The molecular weight excluding hydrogens is 375 g/mol. The Balaban J connectivity index is 1.80. The Morgan fingerprint density at radius 3 is 2.59 bits per heavy atom. The van der Waals surface area contributed by atoms with Crippen molar-refractivity contribution >= 4 is 5.91 Å². The summed E-state index contributed by atoms with van der Waals surface area (Å²) in [4.78, 5) is 24.9. The number of ether oxygens (including phenoxy) is 1. The molecule has 0 atom stereocenters. The highest BCUT2D eigenvalue weighted by Gasteiger charge is 2.19. The molecule has 1 amide bonds. The molecule has 0 radical (unpaired) electrons. The monoisotopic (exact) mass is 396 g/mol. The second-order valence-corrected chi connectivity index (χ2v) is 6.59. The molecule has 29 heavy (non-hydrogen) atoms. The molecule has 1 aromatic heterocycles. The van der Waals surface area contributed by atoms with Crippen LogP contribution in [0.3, 0.4) is 0 Å². The zero-order chi connectivity index (χ0) is 21.0. The van der Waals surface area contributed by atoms with Gasteiger partial charge in [-0.2, -0.15) is 0 Å². The Hall–Kier alpha value is -3.61. The molecular formula is C22H21FN2O4. The summed E-state index contributed by atoms with van der Waals surface area (Å²) in [5.41, 5.74) is 0.508. The van der Waals surface area contributed by atoms with E-state index in [2.05, 4.69) is 5.32 Å². The van der Waals surface area contributed by atoms with Crippen LogP contribution in [0.25, 0.3) is 11.3 Å². The van der Waals surface area contributed by atoms with Crippen molar-refractivity contribution in [1.29, 1.82) is 0 Å². The van der Waals surface area contributed by atoms with Crippen molar-refractivity contribution in [2.75, 3.05) is 13.2 Å². The number of carbonyl (C=O) groups is 1. The van der Waals surface area contributed by atoms with Gasteiger partial charge < -0.3 is 19.7 Å². The lowest BCUT2D eigenvalue weighted by Crippen LogP contribution is -2.30. The van der Waals surface area contributed by atoms with Gasteiger partial charge in [0.2, 0.25) is 0 Å². The molecule has 0 saturated carbocycles. The first kappa shape index (κ1) is 20.1. The number of pyridine rings is 1. The fourth-order valence-corrected chi connectivity index (χ4v) is 2.97. The molecule has 0 aliphatic heterocycles. The predicted octanol–water partition coefficient (Wildman–Crippen LogP) is 3.01. The van der Waals surface area contributed by atoms with Crippen LogP contribution in [0.1, 0.15) is 15.9 Å². The quantitative estimate of drug-likeness (QED) is 0.628. The number of hydrogen-bond acceptors (Lipinski definition) is 4. The van der Waals surface area contributed by atoms with Gasteiger partial charge in [-0.25, -0.2) is 4.39 Å². The second-order valence-electron chi connectivity index (χ2n) is 6.59. The topological polar surface area (TPSA) is 80.6 Å². The molecule has 0 saturated heterocycles. The van der Waals surface area contributed by atoms with Crippen molar-refractivity contribution < 1.29 is 19.0 Å². The van der Waals surface area contributed by atoms with Crippen molar-refractivity contribution in [3.8, 4) is 22.8 Å². The van der Waals surface area contributed by atoms with Crippen LogP contribution in [-0.4, -0.2) is 28.7 Å². The van der Waals surface area contributed by atoms with E-state index in [0.29, 0.717) is 22.6 Å². The Morgan fingerprint density at radius 2 is 1.90 bits per heavy atom. The van der Waals surface area contributed by atoms with E-state index in [0.717, 1.165) is 0 Å². The van der Waals surface area contributed by atoms with Gasteiger partial charge in [0.1, 0.15) is 18.2 Å². The maximum Gasteiger partial charge on any atom is 0.293 e. The van der Waals surface area contributed by atoms with Gasteiger partial charge in [0.15, 0.2) is 5.75 Å². The largest absolute Gasteiger partial charge is 0.502 e. The summed E-state index contributed by atoms with van der Waals surface area (Å²) in [6, 6.07) is 14.8. The van der Waals surface area contributed by atoms with E-state index in [-0.39, 0.29) is 18.7 Å². The zero-order valence-electron chi connectivity index (χ0n) is 16.1. The number of aromatic nitrogens is 1. The second kappa shape index (κ2) is 8.60. The molecule has 0 spiro atoms. The van der Waals surface area contributed by atoms with Crippen LogP contribution in [0.2, 0.25) is 0 Å². The molecule has 2 N–H and O–H groups in total. The number of aryl methyl sites for hydroxylation is 1. The van der Waals surface area contributed by atoms with Crippen LogP contribution in [-0.2, 0) is 7.05 Å². The molecule has 3 rings (SSSR count). The standard InChI is InChI=1S/C22H21FN2O4/c1-14-10-15(12-16(23)11-14)19-13-18(20(26)22(28)25(19)2)21(27)24-8-9-29-17-6-4-3-5-7-17/h3-7,10-13,26H,8-9H2,1-2H3,(H,24,27). The number of nitrogens with zero attached hydrogens (tertiary/aromatic N) is 1. The molecule has 0 bridgehead atoms. The number of hydrogen-bond donors (Lipinski definition) is 2. The molecule has 7 heteroatoms. The number of rotatable bonds is 6. The first-order chi connectivity index (χ1) is 13.9. The van der Waals surface area contributed by atoms with E-state index in [1.54, 1.807) is 25.1 Å². The van der Waals surface area contributed by atoms with Crippen LogP contribution in [0.5, 0.6) is 11.5 Å². The van der Waals surface area contributed by atoms with Crippen LogP contribution in [0, 0.1) is 12.7 Å². The highest BCUT2D eigenvalue weighted by atomic mass is 19.1. The average molecular weight is 396 g/mol. The summed E-state index contributed by atoms with van der Waals surface area (Å²) in [6.07, 6.45) is 0. The number of aromatic hydroxyl groups is 1. The lowest BCUT2D eigenvalue weighted by atomic mass is 10.0. The molecule has 150 valence electrons. The van der Waals surface area contributed by atoms with Crippen molar-refractivity contribution in [3.63, 3.8) is 0 Å². The van der Waals surface area contributed by atoms with Crippen LogP contribution in [0.15, 0.2) is 59.4 Å². The van der Waals surface area contributed by atoms with E-state index >= 15 is 0 Å². The highest BCUT2D eigenvalue weighted by Crippen LogP contribution is 2.24. The molecule has 2 aromatic carbocycles. The van der Waals surface area contributed by atoms with E-state index in [4.69, 9.17) is 4.74 Å². The van der Waals surface area contributed by atoms with E-state index < -0.39 is 23.0 Å².